The molecule has 7 heteroatoms. The Morgan fingerprint density at radius 2 is 1.67 bits per heavy atom. The van der Waals surface area contributed by atoms with Crippen molar-refractivity contribution in [3.8, 4) is 28.7 Å². The largest absolute Gasteiger partial charge is 0.493 e. The van der Waals surface area contributed by atoms with Gasteiger partial charge in [-0.25, -0.2) is 5.01 Å². The predicted octanol–water partition coefficient (Wildman–Crippen LogP) is 4.72. The van der Waals surface area contributed by atoms with Gasteiger partial charge in [0, 0.05) is 23.1 Å². The van der Waals surface area contributed by atoms with Crippen molar-refractivity contribution in [1.82, 2.24) is 5.01 Å². The van der Waals surface area contributed by atoms with E-state index in [2.05, 4.69) is 11.1 Å². The molecule has 0 amide bonds. The van der Waals surface area contributed by atoms with E-state index >= 15 is 0 Å². The fourth-order valence-electron chi connectivity index (χ4n) is 4.66. The average molecular weight is 444 g/mol. The maximum atomic E-state index is 6.46. The Balaban J connectivity index is 1.41. The number of rotatable bonds is 4. The second-order valence-electron chi connectivity index (χ2n) is 8.13. The van der Waals surface area contributed by atoms with Gasteiger partial charge in [0.15, 0.2) is 23.0 Å². The smallest absolute Gasteiger partial charge is 0.214 e. The van der Waals surface area contributed by atoms with Crippen LogP contribution in [-0.4, -0.2) is 38.2 Å². The molecule has 33 heavy (non-hydrogen) atoms. The minimum absolute atomic E-state index is 0.0660. The monoisotopic (exact) mass is 444 g/mol. The minimum Gasteiger partial charge on any atom is -0.493 e. The number of hydrogen-bond acceptors (Lipinski definition) is 7. The molecule has 0 bridgehead atoms. The number of para-hydroxylation sites is 1. The molecule has 6 rings (SSSR count). The normalized spacial score (nSPS) is 20.3. The second kappa shape index (κ2) is 7.92. The lowest BCUT2D eigenvalue weighted by Gasteiger charge is -2.38. The summed E-state index contributed by atoms with van der Waals surface area (Å²) in [5.41, 5.74) is 4.09. The van der Waals surface area contributed by atoms with E-state index in [-0.39, 0.29) is 12.3 Å². The Kier molecular flexibility index (Phi) is 4.75. The molecule has 2 atom stereocenters. The maximum Gasteiger partial charge on any atom is 0.214 e. The summed E-state index contributed by atoms with van der Waals surface area (Å²) < 4.78 is 28.9. The van der Waals surface area contributed by atoms with Crippen LogP contribution in [0, 0.1) is 0 Å². The van der Waals surface area contributed by atoms with Gasteiger partial charge >= 0.3 is 0 Å². The highest BCUT2D eigenvalue weighted by Gasteiger charge is 2.41. The van der Waals surface area contributed by atoms with Crippen molar-refractivity contribution in [3.05, 3.63) is 77.4 Å². The van der Waals surface area contributed by atoms with E-state index in [1.165, 1.54) is 0 Å². The van der Waals surface area contributed by atoms with Gasteiger partial charge in [0.25, 0.3) is 0 Å². The number of ether oxygens (including phenoxy) is 5. The van der Waals surface area contributed by atoms with E-state index in [0.29, 0.717) is 24.7 Å². The minimum atomic E-state index is -0.389. The van der Waals surface area contributed by atoms with Crippen molar-refractivity contribution < 1.29 is 23.7 Å². The second-order valence-corrected chi connectivity index (χ2v) is 8.13. The molecule has 0 saturated carbocycles. The number of hydrogen-bond donors (Lipinski definition) is 0. The summed E-state index contributed by atoms with van der Waals surface area (Å²) >= 11 is 0. The van der Waals surface area contributed by atoms with Gasteiger partial charge in [-0.3, -0.25) is 0 Å². The van der Waals surface area contributed by atoms with Gasteiger partial charge in [0.2, 0.25) is 6.23 Å². The maximum absolute atomic E-state index is 6.46. The molecule has 0 aromatic heterocycles. The Morgan fingerprint density at radius 3 is 2.52 bits per heavy atom. The van der Waals surface area contributed by atoms with Gasteiger partial charge in [0.1, 0.15) is 19.0 Å². The molecule has 3 aliphatic rings. The van der Waals surface area contributed by atoms with Crippen LogP contribution in [0.3, 0.4) is 0 Å². The lowest BCUT2D eigenvalue weighted by molar-refractivity contribution is -0.0191. The van der Waals surface area contributed by atoms with Crippen molar-refractivity contribution in [2.24, 2.45) is 5.10 Å². The molecule has 2 unspecified atom stereocenters. The lowest BCUT2D eigenvalue weighted by atomic mass is 9.95. The molecule has 3 aromatic rings. The highest BCUT2D eigenvalue weighted by Crippen LogP contribution is 2.48. The molecular weight excluding hydrogens is 420 g/mol. The summed E-state index contributed by atoms with van der Waals surface area (Å²) in [6.07, 6.45) is 0.378. The summed E-state index contributed by atoms with van der Waals surface area (Å²) in [7, 11) is 3.26. The first-order valence-corrected chi connectivity index (χ1v) is 11.0. The summed E-state index contributed by atoms with van der Waals surface area (Å²) in [6.45, 7) is 1.13. The molecule has 0 saturated heterocycles. The van der Waals surface area contributed by atoms with Gasteiger partial charge in [-0.2, -0.15) is 5.10 Å². The van der Waals surface area contributed by atoms with Crippen molar-refractivity contribution >= 4 is 5.71 Å². The third-order valence-corrected chi connectivity index (χ3v) is 6.27. The van der Waals surface area contributed by atoms with Crippen molar-refractivity contribution in [3.63, 3.8) is 0 Å². The third-order valence-electron chi connectivity index (χ3n) is 6.27. The van der Waals surface area contributed by atoms with E-state index in [9.17, 15) is 0 Å². The molecule has 0 N–H and O–H groups in total. The molecule has 0 spiro atoms. The van der Waals surface area contributed by atoms with Crippen LogP contribution in [0.2, 0.25) is 0 Å². The lowest BCUT2D eigenvalue weighted by Crippen LogP contribution is -2.33. The molecule has 3 heterocycles. The average Bonchev–Trinajstić information content (AvgIpc) is 3.33. The Morgan fingerprint density at radius 1 is 0.848 bits per heavy atom. The fourth-order valence-corrected chi connectivity index (χ4v) is 4.66. The van der Waals surface area contributed by atoms with E-state index in [4.69, 9.17) is 28.8 Å². The number of hydrazone groups is 1. The van der Waals surface area contributed by atoms with Crippen molar-refractivity contribution in [1.29, 1.82) is 0 Å². The molecular formula is C26H24N2O5. The molecule has 7 nitrogen and oxygen atoms in total. The van der Waals surface area contributed by atoms with Crippen LogP contribution in [0.25, 0.3) is 0 Å². The Hall–Kier alpha value is -3.87. The van der Waals surface area contributed by atoms with Crippen LogP contribution in [0.1, 0.15) is 35.4 Å². The van der Waals surface area contributed by atoms with Gasteiger partial charge < -0.3 is 23.7 Å². The molecule has 0 aliphatic carbocycles. The molecule has 0 fully saturated rings. The standard InChI is InChI=1S/C26H24N2O5/c1-29-22-9-8-17(14-24(22)30-2)26-28-20(18-5-3-4-6-21(18)33-26)15-19(27-28)16-7-10-23-25(13-16)32-12-11-31-23/h3-10,13-14,20,26H,11-12,15H2,1-2H3. The van der Waals surface area contributed by atoms with Crippen LogP contribution >= 0.6 is 0 Å². The SMILES string of the molecule is COc1ccc(C2Oc3ccccc3C3CC(c4ccc5c(c4)OCCO5)=NN32)cc1OC. The number of fused-ring (bicyclic) bond motifs is 4. The zero-order valence-electron chi connectivity index (χ0n) is 18.5. The number of benzene rings is 3. The quantitative estimate of drug-likeness (QED) is 0.581. The van der Waals surface area contributed by atoms with Crippen LogP contribution in [-0.2, 0) is 0 Å². The first-order valence-electron chi connectivity index (χ1n) is 11.0. The topological polar surface area (TPSA) is 61.8 Å². The molecule has 168 valence electrons. The summed E-state index contributed by atoms with van der Waals surface area (Å²) in [4.78, 5) is 0. The number of methoxy groups -OCH3 is 2. The zero-order valence-corrected chi connectivity index (χ0v) is 18.5. The van der Waals surface area contributed by atoms with E-state index in [1.807, 2.05) is 54.6 Å². The molecule has 3 aliphatic heterocycles. The summed E-state index contributed by atoms with van der Waals surface area (Å²) in [5.74, 6) is 3.75. The van der Waals surface area contributed by atoms with Crippen LogP contribution in [0.15, 0.2) is 65.8 Å². The van der Waals surface area contributed by atoms with Gasteiger partial charge in [-0.15, -0.1) is 0 Å². The van der Waals surface area contributed by atoms with Crippen molar-refractivity contribution in [2.75, 3.05) is 27.4 Å². The van der Waals surface area contributed by atoms with Gasteiger partial charge in [0.05, 0.1) is 26.0 Å². The predicted molar refractivity (Wildman–Crippen MR) is 123 cm³/mol. The Labute approximate surface area is 192 Å². The summed E-state index contributed by atoms with van der Waals surface area (Å²) in [5, 5.41) is 7.09. The highest BCUT2D eigenvalue weighted by atomic mass is 16.6. The summed E-state index contributed by atoms with van der Waals surface area (Å²) in [6, 6.07) is 20.1. The van der Waals surface area contributed by atoms with Crippen LogP contribution in [0.5, 0.6) is 28.7 Å². The molecule has 0 radical (unpaired) electrons. The first kappa shape index (κ1) is 19.8. The van der Waals surface area contributed by atoms with E-state index < -0.39 is 0 Å². The Bertz CT molecular complexity index is 1240. The van der Waals surface area contributed by atoms with Crippen LogP contribution < -0.4 is 23.7 Å². The number of nitrogens with zero attached hydrogens (tertiary/aromatic N) is 2. The zero-order chi connectivity index (χ0) is 22.4. The van der Waals surface area contributed by atoms with Crippen LogP contribution in [0.4, 0.5) is 0 Å². The first-order chi connectivity index (χ1) is 16.2. The fraction of sp³-hybridized carbons (Fsp3) is 0.269. The van der Waals surface area contributed by atoms with E-state index in [1.54, 1.807) is 14.2 Å². The van der Waals surface area contributed by atoms with Gasteiger partial charge in [-0.1, -0.05) is 18.2 Å². The van der Waals surface area contributed by atoms with E-state index in [0.717, 1.165) is 46.1 Å². The van der Waals surface area contributed by atoms with Crippen molar-refractivity contribution in [2.45, 2.75) is 18.7 Å². The third kappa shape index (κ3) is 3.31. The molecule has 3 aromatic carbocycles. The van der Waals surface area contributed by atoms with Gasteiger partial charge in [-0.05, 0) is 42.5 Å². The highest BCUT2D eigenvalue weighted by molar-refractivity contribution is 6.02.